The summed E-state index contributed by atoms with van der Waals surface area (Å²) < 4.78 is 0. The zero-order chi connectivity index (χ0) is 20.4. The molecule has 27 heavy (non-hydrogen) atoms. The molecule has 0 saturated heterocycles. The predicted molar refractivity (Wildman–Crippen MR) is 108 cm³/mol. The minimum Gasteiger partial charge on any atom is -0.325 e. The van der Waals surface area contributed by atoms with Crippen LogP contribution in [0.4, 0.5) is 11.4 Å². The molecule has 0 spiro atoms. The Balaban J connectivity index is 2.19. The van der Waals surface area contributed by atoms with E-state index in [4.69, 9.17) is 11.6 Å². The average Bonchev–Trinajstić information content (AvgIpc) is 2.57. The smallest absolute Gasteiger partial charge is 0.239 e. The molecule has 6 heteroatoms. The molecule has 0 aliphatic heterocycles. The number of nitrogens with one attached hydrogen (secondary N) is 2. The van der Waals surface area contributed by atoms with Gasteiger partial charge in [0.15, 0.2) is 5.78 Å². The van der Waals surface area contributed by atoms with E-state index in [9.17, 15) is 14.4 Å². The zero-order valence-corrected chi connectivity index (χ0v) is 16.8. The molecule has 0 aromatic heterocycles. The molecule has 5 nitrogen and oxygen atoms in total. The summed E-state index contributed by atoms with van der Waals surface area (Å²) >= 11 is 6.24. The maximum Gasteiger partial charge on any atom is 0.239 e. The maximum absolute atomic E-state index is 12.7. The van der Waals surface area contributed by atoms with Crippen molar-refractivity contribution in [3.8, 4) is 0 Å². The summed E-state index contributed by atoms with van der Waals surface area (Å²) in [4.78, 5) is 36.9. The summed E-state index contributed by atoms with van der Waals surface area (Å²) in [5.74, 6) is -1.06. The lowest BCUT2D eigenvalue weighted by Crippen LogP contribution is -2.41. The van der Waals surface area contributed by atoms with E-state index < -0.39 is 17.2 Å². The third kappa shape index (κ3) is 4.74. The number of hydrogen-bond donors (Lipinski definition) is 2. The molecule has 0 saturated carbocycles. The van der Waals surface area contributed by atoms with E-state index in [1.807, 2.05) is 19.9 Å². The van der Waals surface area contributed by atoms with Crippen LogP contribution in [0.1, 0.15) is 42.3 Å². The molecule has 0 heterocycles. The molecule has 2 N–H and O–H groups in total. The number of benzene rings is 2. The summed E-state index contributed by atoms with van der Waals surface area (Å²) in [6.45, 7) is 8.27. The average molecular weight is 387 g/mol. The molecule has 0 atom stereocenters. The Hall–Kier alpha value is -2.66. The van der Waals surface area contributed by atoms with Crippen LogP contribution in [-0.4, -0.2) is 17.6 Å². The SMILES string of the molecule is CC(=O)c1cccc(NC(=O)C(C)(C)C(=O)Nc2c(C)cc(C)cc2Cl)c1. The summed E-state index contributed by atoms with van der Waals surface area (Å²) in [6.07, 6.45) is 0. The molecule has 142 valence electrons. The number of carbonyl (C=O) groups is 3. The fourth-order valence-corrected chi connectivity index (χ4v) is 2.92. The van der Waals surface area contributed by atoms with Gasteiger partial charge in [0.1, 0.15) is 5.41 Å². The monoisotopic (exact) mass is 386 g/mol. The van der Waals surface area contributed by atoms with Gasteiger partial charge in [-0.1, -0.05) is 29.8 Å². The normalized spacial score (nSPS) is 11.0. The number of amides is 2. The van der Waals surface area contributed by atoms with Crippen LogP contribution < -0.4 is 10.6 Å². The number of halogens is 1. The third-order valence-electron chi connectivity index (χ3n) is 4.33. The molecule has 2 aromatic rings. The Morgan fingerprint density at radius 1 is 0.963 bits per heavy atom. The summed E-state index contributed by atoms with van der Waals surface area (Å²) in [5.41, 5.74) is 1.88. The number of anilines is 2. The van der Waals surface area contributed by atoms with Gasteiger partial charge in [0.25, 0.3) is 0 Å². The molecule has 0 unspecified atom stereocenters. The second-order valence-electron chi connectivity index (χ2n) is 7.11. The van der Waals surface area contributed by atoms with E-state index in [-0.39, 0.29) is 5.78 Å². The van der Waals surface area contributed by atoms with Crippen molar-refractivity contribution >= 4 is 40.6 Å². The van der Waals surface area contributed by atoms with Gasteiger partial charge < -0.3 is 10.6 Å². The van der Waals surface area contributed by atoms with Crippen LogP contribution in [0.15, 0.2) is 36.4 Å². The maximum atomic E-state index is 12.7. The van der Waals surface area contributed by atoms with E-state index in [1.165, 1.54) is 20.8 Å². The van der Waals surface area contributed by atoms with Crippen LogP contribution in [-0.2, 0) is 9.59 Å². The molecule has 0 fully saturated rings. The highest BCUT2D eigenvalue weighted by atomic mass is 35.5. The van der Waals surface area contributed by atoms with E-state index >= 15 is 0 Å². The highest BCUT2D eigenvalue weighted by Gasteiger charge is 2.36. The quantitative estimate of drug-likeness (QED) is 0.574. The first kappa shape index (κ1) is 20.6. The lowest BCUT2D eigenvalue weighted by molar-refractivity contribution is -0.135. The highest BCUT2D eigenvalue weighted by molar-refractivity contribution is 6.34. The fourth-order valence-electron chi connectivity index (χ4n) is 2.55. The highest BCUT2D eigenvalue weighted by Crippen LogP contribution is 2.30. The fraction of sp³-hybridized carbons (Fsp3) is 0.286. The largest absolute Gasteiger partial charge is 0.325 e. The first-order valence-corrected chi connectivity index (χ1v) is 8.91. The second kappa shape index (κ2) is 7.92. The van der Waals surface area contributed by atoms with Crippen LogP contribution in [0, 0.1) is 19.3 Å². The van der Waals surface area contributed by atoms with E-state index in [1.54, 1.807) is 30.3 Å². The topological polar surface area (TPSA) is 75.3 Å². The number of aryl methyl sites for hydroxylation is 2. The number of hydrogen-bond acceptors (Lipinski definition) is 3. The zero-order valence-electron chi connectivity index (χ0n) is 16.1. The molecule has 0 aliphatic rings. The van der Waals surface area contributed by atoms with Crippen molar-refractivity contribution in [2.45, 2.75) is 34.6 Å². The van der Waals surface area contributed by atoms with Crippen molar-refractivity contribution in [3.05, 3.63) is 58.1 Å². The Kier molecular flexibility index (Phi) is 6.06. The van der Waals surface area contributed by atoms with Gasteiger partial charge in [0.2, 0.25) is 11.8 Å². The van der Waals surface area contributed by atoms with Crippen molar-refractivity contribution in [2.75, 3.05) is 10.6 Å². The van der Waals surface area contributed by atoms with E-state index in [0.29, 0.717) is 22.0 Å². The van der Waals surface area contributed by atoms with Crippen LogP contribution >= 0.6 is 11.6 Å². The van der Waals surface area contributed by atoms with Crippen molar-refractivity contribution in [1.82, 2.24) is 0 Å². The Labute approximate surface area is 164 Å². The van der Waals surface area contributed by atoms with Gasteiger partial charge in [-0.15, -0.1) is 0 Å². The van der Waals surface area contributed by atoms with Gasteiger partial charge >= 0.3 is 0 Å². The van der Waals surface area contributed by atoms with Gasteiger partial charge in [0.05, 0.1) is 10.7 Å². The van der Waals surface area contributed by atoms with Crippen LogP contribution in [0.5, 0.6) is 0 Å². The Morgan fingerprint density at radius 2 is 1.59 bits per heavy atom. The molecule has 0 bridgehead atoms. The lowest BCUT2D eigenvalue weighted by atomic mass is 9.90. The first-order valence-electron chi connectivity index (χ1n) is 8.53. The number of carbonyl (C=O) groups excluding carboxylic acids is 3. The minimum absolute atomic E-state index is 0.104. The van der Waals surface area contributed by atoms with Gasteiger partial charge in [0, 0.05) is 11.3 Å². The summed E-state index contributed by atoms with van der Waals surface area (Å²) in [6, 6.07) is 10.2. The van der Waals surface area contributed by atoms with E-state index in [0.717, 1.165) is 11.1 Å². The number of rotatable bonds is 5. The van der Waals surface area contributed by atoms with Crippen LogP contribution in [0.2, 0.25) is 5.02 Å². The van der Waals surface area contributed by atoms with Gasteiger partial charge in [-0.2, -0.15) is 0 Å². The third-order valence-corrected chi connectivity index (χ3v) is 4.63. The number of ketones is 1. The molecular weight excluding hydrogens is 364 g/mol. The predicted octanol–water partition coefficient (Wildman–Crippen LogP) is 4.76. The van der Waals surface area contributed by atoms with Crippen molar-refractivity contribution in [3.63, 3.8) is 0 Å². The number of Topliss-reactive ketones (excluding diaryl/α,β-unsaturated/α-hetero) is 1. The van der Waals surface area contributed by atoms with E-state index in [2.05, 4.69) is 10.6 Å². The molecular formula is C21H23ClN2O3. The summed E-state index contributed by atoms with van der Waals surface area (Å²) in [7, 11) is 0. The van der Waals surface area contributed by atoms with Gasteiger partial charge in [-0.3, -0.25) is 14.4 Å². The van der Waals surface area contributed by atoms with Crippen molar-refractivity contribution in [1.29, 1.82) is 0 Å². The van der Waals surface area contributed by atoms with Gasteiger partial charge in [-0.05, 0) is 63.9 Å². The van der Waals surface area contributed by atoms with Crippen molar-refractivity contribution in [2.24, 2.45) is 5.41 Å². The van der Waals surface area contributed by atoms with Crippen LogP contribution in [0.25, 0.3) is 0 Å². The molecule has 2 amide bonds. The van der Waals surface area contributed by atoms with Crippen LogP contribution in [0.3, 0.4) is 0 Å². The lowest BCUT2D eigenvalue weighted by Gasteiger charge is -2.24. The standard InChI is InChI=1S/C21H23ClN2O3/c1-12-9-13(2)18(17(22)10-12)24-20(27)21(4,5)19(26)23-16-8-6-7-15(11-16)14(3)25/h6-11H,1-5H3,(H,23,26)(H,24,27). The van der Waals surface area contributed by atoms with Crippen molar-refractivity contribution < 1.29 is 14.4 Å². The second-order valence-corrected chi connectivity index (χ2v) is 7.52. The minimum atomic E-state index is -1.35. The molecule has 2 aromatic carbocycles. The molecule has 0 radical (unpaired) electrons. The van der Waals surface area contributed by atoms with Gasteiger partial charge in [-0.25, -0.2) is 0 Å². The summed E-state index contributed by atoms with van der Waals surface area (Å²) in [5, 5.41) is 5.88. The Bertz CT molecular complexity index is 896. The molecule has 2 rings (SSSR count). The first-order chi connectivity index (χ1) is 12.5. The Morgan fingerprint density at radius 3 is 2.19 bits per heavy atom. The molecule has 0 aliphatic carbocycles.